The highest BCUT2D eigenvalue weighted by molar-refractivity contribution is 6.31. The minimum atomic E-state index is -0.967. The number of hydrogen-bond donors (Lipinski definition) is 2. The molecular weight excluding hydrogens is 366 g/mol. The highest BCUT2D eigenvalue weighted by Crippen LogP contribution is 2.38. The number of carbonyl (C=O) groups is 2. The van der Waals surface area contributed by atoms with Crippen molar-refractivity contribution in [2.45, 2.75) is 26.7 Å². The summed E-state index contributed by atoms with van der Waals surface area (Å²) < 4.78 is 1.49. The molecule has 0 spiro atoms. The highest BCUT2D eigenvalue weighted by atomic mass is 35.5. The van der Waals surface area contributed by atoms with Crippen molar-refractivity contribution in [2.75, 3.05) is 0 Å². The number of hydrogen-bond acceptors (Lipinski definition) is 3. The van der Waals surface area contributed by atoms with Crippen LogP contribution in [-0.2, 0) is 4.79 Å². The van der Waals surface area contributed by atoms with Crippen molar-refractivity contribution in [2.24, 2.45) is 5.92 Å². The molecule has 0 radical (unpaired) electrons. The largest absolute Gasteiger partial charge is 0.508 e. The second-order valence-electron chi connectivity index (χ2n) is 6.91. The lowest BCUT2D eigenvalue weighted by molar-refractivity contribution is -0.139. The quantitative estimate of drug-likeness (QED) is 0.674. The van der Waals surface area contributed by atoms with Crippen LogP contribution >= 0.6 is 11.6 Å². The van der Waals surface area contributed by atoms with E-state index in [1.807, 2.05) is 13.8 Å². The first-order chi connectivity index (χ1) is 12.7. The molecule has 0 bridgehead atoms. The van der Waals surface area contributed by atoms with E-state index in [1.54, 1.807) is 37.3 Å². The molecule has 1 unspecified atom stereocenters. The topological polar surface area (TPSA) is 79.5 Å². The summed E-state index contributed by atoms with van der Waals surface area (Å²) in [6.45, 7) is 5.37. The molecule has 0 aliphatic carbocycles. The molecule has 1 atom stereocenters. The number of aliphatic carboxylic acids is 1. The minimum Gasteiger partial charge on any atom is -0.508 e. The number of halogens is 1. The number of phenolic OH excluding ortho intramolecular Hbond substituents is 1. The van der Waals surface area contributed by atoms with Gasteiger partial charge < -0.3 is 10.2 Å². The summed E-state index contributed by atoms with van der Waals surface area (Å²) in [6.07, 6.45) is 0. The van der Waals surface area contributed by atoms with Crippen molar-refractivity contribution in [1.82, 2.24) is 4.57 Å². The first-order valence-corrected chi connectivity index (χ1v) is 8.97. The van der Waals surface area contributed by atoms with Crippen LogP contribution in [-0.4, -0.2) is 26.7 Å². The molecular formula is C21H20ClNO4. The second-order valence-corrected chi connectivity index (χ2v) is 7.35. The lowest BCUT2D eigenvalue weighted by atomic mass is 9.86. The second kappa shape index (κ2) is 7.08. The summed E-state index contributed by atoms with van der Waals surface area (Å²) in [4.78, 5) is 25.1. The summed E-state index contributed by atoms with van der Waals surface area (Å²) in [5, 5.41) is 20.7. The summed E-state index contributed by atoms with van der Waals surface area (Å²) >= 11 is 6.02. The van der Waals surface area contributed by atoms with Gasteiger partial charge in [0.25, 0.3) is 5.91 Å². The minimum absolute atomic E-state index is 0.0176. The first-order valence-electron chi connectivity index (χ1n) is 8.59. The van der Waals surface area contributed by atoms with Gasteiger partial charge in [-0.15, -0.1) is 0 Å². The lowest BCUT2D eigenvalue weighted by Crippen LogP contribution is -2.19. The van der Waals surface area contributed by atoms with E-state index in [4.69, 9.17) is 11.6 Å². The van der Waals surface area contributed by atoms with E-state index in [0.717, 1.165) is 0 Å². The predicted octanol–water partition coefficient (Wildman–Crippen LogP) is 4.82. The van der Waals surface area contributed by atoms with Crippen molar-refractivity contribution in [3.8, 4) is 5.75 Å². The van der Waals surface area contributed by atoms with Crippen molar-refractivity contribution in [3.05, 3.63) is 64.3 Å². The van der Waals surface area contributed by atoms with Gasteiger partial charge in [0.2, 0.25) is 0 Å². The fourth-order valence-corrected chi connectivity index (χ4v) is 3.77. The average Bonchev–Trinajstić information content (AvgIpc) is 2.86. The Morgan fingerprint density at radius 3 is 2.41 bits per heavy atom. The molecule has 0 aliphatic heterocycles. The Morgan fingerprint density at radius 1 is 1.11 bits per heavy atom. The van der Waals surface area contributed by atoms with Crippen LogP contribution in [0.1, 0.15) is 41.4 Å². The third-order valence-corrected chi connectivity index (χ3v) is 4.99. The maximum Gasteiger partial charge on any atom is 0.311 e. The van der Waals surface area contributed by atoms with Crippen LogP contribution in [0.2, 0.25) is 5.02 Å². The SMILES string of the molecule is Cc1c(C(C(=O)O)C(C)C)c2cc(O)ccc2n1C(=O)c1cccc(Cl)c1. The normalized spacial score (nSPS) is 12.5. The number of phenols is 1. The summed E-state index contributed by atoms with van der Waals surface area (Å²) in [6, 6.07) is 11.2. The van der Waals surface area contributed by atoms with Gasteiger partial charge in [-0.25, -0.2) is 0 Å². The average molecular weight is 386 g/mol. The third kappa shape index (κ3) is 3.30. The number of carboxylic acids is 1. The van der Waals surface area contributed by atoms with Crippen LogP contribution in [0, 0.1) is 12.8 Å². The maximum atomic E-state index is 13.2. The molecule has 0 aliphatic rings. The summed E-state index contributed by atoms with van der Waals surface area (Å²) in [5.74, 6) is -2.24. The van der Waals surface area contributed by atoms with Crippen molar-refractivity contribution >= 4 is 34.4 Å². The number of benzene rings is 2. The zero-order chi connectivity index (χ0) is 19.9. The van der Waals surface area contributed by atoms with Gasteiger partial charge in [0, 0.05) is 21.7 Å². The first kappa shape index (κ1) is 19.0. The molecule has 0 saturated heterocycles. The van der Waals surface area contributed by atoms with E-state index in [1.165, 1.54) is 16.7 Å². The van der Waals surface area contributed by atoms with E-state index < -0.39 is 11.9 Å². The van der Waals surface area contributed by atoms with Crippen molar-refractivity contribution in [1.29, 1.82) is 0 Å². The molecule has 2 N–H and O–H groups in total. The van der Waals surface area contributed by atoms with Crippen LogP contribution in [0.15, 0.2) is 42.5 Å². The summed E-state index contributed by atoms with van der Waals surface area (Å²) in [7, 11) is 0. The van der Waals surface area contributed by atoms with E-state index >= 15 is 0 Å². The fourth-order valence-electron chi connectivity index (χ4n) is 3.58. The molecule has 0 saturated carbocycles. The Morgan fingerprint density at radius 2 is 1.81 bits per heavy atom. The molecule has 140 valence electrons. The van der Waals surface area contributed by atoms with E-state index in [2.05, 4.69) is 0 Å². The molecule has 3 aromatic rings. The molecule has 6 heteroatoms. The Kier molecular flexibility index (Phi) is 4.98. The van der Waals surface area contributed by atoms with Gasteiger partial charge in [-0.1, -0.05) is 31.5 Å². The van der Waals surface area contributed by atoms with Gasteiger partial charge in [0.15, 0.2) is 0 Å². The number of fused-ring (bicyclic) bond motifs is 1. The standard InChI is InChI=1S/C21H20ClNO4/c1-11(2)18(21(26)27)19-12(3)23(17-8-7-15(24)10-16(17)19)20(25)13-5-4-6-14(22)9-13/h4-11,18,24H,1-3H3,(H,26,27). The Balaban J connectivity index is 2.33. The van der Waals surface area contributed by atoms with Crippen molar-refractivity contribution < 1.29 is 19.8 Å². The Bertz CT molecular complexity index is 1050. The van der Waals surface area contributed by atoms with Crippen LogP contribution in [0.25, 0.3) is 10.9 Å². The number of carboxylic acid groups (broad SMARTS) is 1. The monoisotopic (exact) mass is 385 g/mol. The van der Waals surface area contributed by atoms with Gasteiger partial charge in [-0.2, -0.15) is 0 Å². The third-order valence-electron chi connectivity index (χ3n) is 4.75. The Hall–Kier alpha value is -2.79. The van der Waals surface area contributed by atoms with Gasteiger partial charge >= 0.3 is 5.97 Å². The van der Waals surface area contributed by atoms with Crippen LogP contribution in [0.3, 0.4) is 0 Å². The van der Waals surface area contributed by atoms with Gasteiger partial charge in [0.1, 0.15) is 5.75 Å². The number of aromatic hydroxyl groups is 1. The van der Waals surface area contributed by atoms with Crippen LogP contribution in [0.5, 0.6) is 5.75 Å². The van der Waals surface area contributed by atoms with Gasteiger partial charge in [-0.3, -0.25) is 14.2 Å². The van der Waals surface area contributed by atoms with Gasteiger partial charge in [0.05, 0.1) is 11.4 Å². The zero-order valence-corrected chi connectivity index (χ0v) is 16.0. The zero-order valence-electron chi connectivity index (χ0n) is 15.2. The molecule has 27 heavy (non-hydrogen) atoms. The van der Waals surface area contributed by atoms with E-state index in [9.17, 15) is 19.8 Å². The molecule has 1 aromatic heterocycles. The van der Waals surface area contributed by atoms with E-state index in [0.29, 0.717) is 32.7 Å². The maximum absolute atomic E-state index is 13.2. The predicted molar refractivity (Wildman–Crippen MR) is 105 cm³/mol. The van der Waals surface area contributed by atoms with Gasteiger partial charge in [-0.05, 0) is 54.8 Å². The molecule has 5 nitrogen and oxygen atoms in total. The molecule has 1 heterocycles. The van der Waals surface area contributed by atoms with Crippen LogP contribution < -0.4 is 0 Å². The number of carbonyl (C=O) groups excluding carboxylic acids is 1. The molecule has 0 amide bonds. The van der Waals surface area contributed by atoms with Crippen LogP contribution in [0.4, 0.5) is 0 Å². The number of aromatic nitrogens is 1. The fraction of sp³-hybridized carbons (Fsp3) is 0.238. The molecule has 2 aromatic carbocycles. The summed E-state index contributed by atoms with van der Waals surface area (Å²) in [5.41, 5.74) is 2.04. The highest BCUT2D eigenvalue weighted by Gasteiger charge is 2.31. The number of rotatable bonds is 4. The van der Waals surface area contributed by atoms with E-state index in [-0.39, 0.29) is 17.6 Å². The molecule has 3 rings (SSSR count). The lowest BCUT2D eigenvalue weighted by Gasteiger charge is -2.17. The van der Waals surface area contributed by atoms with Crippen molar-refractivity contribution in [3.63, 3.8) is 0 Å². The number of nitrogens with zero attached hydrogens (tertiary/aromatic N) is 1. The Labute approximate surface area is 161 Å². The smallest absolute Gasteiger partial charge is 0.311 e. The molecule has 0 fully saturated rings.